The van der Waals surface area contributed by atoms with Crippen molar-refractivity contribution < 1.29 is 14.5 Å². The van der Waals surface area contributed by atoms with Crippen molar-refractivity contribution in [1.29, 1.82) is 0 Å². The summed E-state index contributed by atoms with van der Waals surface area (Å²) in [5.74, 6) is 1.15. The highest BCUT2D eigenvalue weighted by molar-refractivity contribution is 8.05. The highest BCUT2D eigenvalue weighted by Crippen LogP contribution is 2.42. The summed E-state index contributed by atoms with van der Waals surface area (Å²) in [6.45, 7) is 2.52. The van der Waals surface area contributed by atoms with Crippen molar-refractivity contribution in [3.8, 4) is 5.75 Å². The summed E-state index contributed by atoms with van der Waals surface area (Å²) in [4.78, 5) is 27.1. The van der Waals surface area contributed by atoms with E-state index in [1.807, 2.05) is 65.6 Å². The molecule has 0 aromatic heterocycles. The van der Waals surface area contributed by atoms with E-state index in [1.54, 1.807) is 23.9 Å². The molecule has 0 bridgehead atoms. The van der Waals surface area contributed by atoms with Crippen molar-refractivity contribution in [3.63, 3.8) is 0 Å². The number of nitrogens with zero attached hydrogens (tertiary/aromatic N) is 2. The smallest absolute Gasteiger partial charge is 0.269 e. The van der Waals surface area contributed by atoms with E-state index < -0.39 is 4.92 Å². The van der Waals surface area contributed by atoms with Crippen LogP contribution in [0.4, 0.5) is 11.4 Å². The van der Waals surface area contributed by atoms with Crippen LogP contribution in [0.1, 0.15) is 43.7 Å². The van der Waals surface area contributed by atoms with E-state index >= 15 is 0 Å². The van der Waals surface area contributed by atoms with E-state index in [2.05, 4.69) is 12.2 Å². The topological polar surface area (TPSA) is 84.7 Å². The third kappa shape index (κ3) is 5.86. The number of para-hydroxylation sites is 2. The number of non-ortho nitro benzene ring substituents is 1. The number of nitrogens with one attached hydrogen (secondary N) is 1. The molecule has 1 saturated heterocycles. The number of nitro groups is 1. The van der Waals surface area contributed by atoms with Crippen molar-refractivity contribution in [2.24, 2.45) is 5.92 Å². The normalized spacial score (nSPS) is 22.4. The molecule has 3 aromatic carbocycles. The Hall–Kier alpha value is -3.78. The molecule has 1 saturated carbocycles. The molecule has 1 amide bonds. The van der Waals surface area contributed by atoms with Gasteiger partial charge in [-0.1, -0.05) is 67.9 Å². The molecule has 5 rings (SSSR count). The molecule has 3 atom stereocenters. The number of amides is 1. The first-order chi connectivity index (χ1) is 18.5. The molecule has 38 heavy (non-hydrogen) atoms. The van der Waals surface area contributed by atoms with Gasteiger partial charge in [-0.2, -0.15) is 0 Å². The van der Waals surface area contributed by atoms with Gasteiger partial charge in [0.25, 0.3) is 11.6 Å². The maximum absolute atomic E-state index is 13.8. The zero-order chi connectivity index (χ0) is 26.5. The number of carbonyl (C=O) groups is 1. The summed E-state index contributed by atoms with van der Waals surface area (Å²) >= 11 is 1.55. The summed E-state index contributed by atoms with van der Waals surface area (Å²) in [6, 6.07) is 24.2. The maximum Gasteiger partial charge on any atom is 0.269 e. The SMILES string of the molecule is C[C@@H]1CCCC[C@@H]1N1C(=O)/C(=C/c2ccccc2OCc2ccc([N+](=O)[O-])cc2)SC1Nc1ccccc1. The fourth-order valence-electron chi connectivity index (χ4n) is 5.11. The van der Waals surface area contributed by atoms with Crippen molar-refractivity contribution in [1.82, 2.24) is 4.90 Å². The lowest BCUT2D eigenvalue weighted by atomic mass is 9.85. The molecule has 196 valence electrons. The second kappa shape index (κ2) is 11.7. The predicted octanol–water partition coefficient (Wildman–Crippen LogP) is 7.06. The molecule has 2 aliphatic rings. The van der Waals surface area contributed by atoms with E-state index in [4.69, 9.17) is 4.74 Å². The van der Waals surface area contributed by atoms with Gasteiger partial charge in [0.1, 0.15) is 12.4 Å². The van der Waals surface area contributed by atoms with Crippen LogP contribution in [0.25, 0.3) is 6.08 Å². The number of rotatable bonds is 8. The van der Waals surface area contributed by atoms with E-state index in [0.29, 0.717) is 16.6 Å². The van der Waals surface area contributed by atoms with Crippen LogP contribution in [-0.2, 0) is 11.4 Å². The summed E-state index contributed by atoms with van der Waals surface area (Å²) in [6.07, 6.45) is 6.43. The molecule has 8 heteroatoms. The fraction of sp³-hybridized carbons (Fsp3) is 0.300. The monoisotopic (exact) mass is 529 g/mol. The van der Waals surface area contributed by atoms with Crippen molar-refractivity contribution in [3.05, 3.63) is 105 Å². The van der Waals surface area contributed by atoms with E-state index in [0.717, 1.165) is 36.1 Å². The quantitative estimate of drug-likeness (QED) is 0.191. The standard InChI is InChI=1S/C30H31N3O4S/c1-21-9-5-7-13-26(21)32-29(34)28(38-30(32)31-24-11-3-2-4-12-24)19-23-10-6-8-14-27(23)37-20-22-15-17-25(18-16-22)33(35)36/h2-4,6,8,10-12,14-19,21,26,30-31H,5,7,9,13,20H2,1H3/b28-19-/t21-,26+,30?/m1/s1. The lowest BCUT2D eigenvalue weighted by Gasteiger charge is -2.39. The van der Waals surface area contributed by atoms with Crippen LogP contribution >= 0.6 is 11.8 Å². The minimum Gasteiger partial charge on any atom is -0.488 e. The minimum atomic E-state index is -0.417. The zero-order valence-corrected chi connectivity index (χ0v) is 22.1. The Bertz CT molecular complexity index is 1310. The van der Waals surface area contributed by atoms with Crippen LogP contribution in [0.15, 0.2) is 83.8 Å². The van der Waals surface area contributed by atoms with Crippen molar-refractivity contribution in [2.75, 3.05) is 5.32 Å². The van der Waals surface area contributed by atoms with Crippen LogP contribution < -0.4 is 10.1 Å². The summed E-state index contributed by atoms with van der Waals surface area (Å²) in [5, 5.41) is 14.5. The Kier molecular flexibility index (Phi) is 7.98. The number of ether oxygens (including phenoxy) is 1. The molecular weight excluding hydrogens is 498 g/mol. The summed E-state index contributed by atoms with van der Waals surface area (Å²) in [5.41, 5.74) is 2.50. The molecule has 1 unspecified atom stereocenters. The first kappa shape index (κ1) is 25.9. The lowest BCUT2D eigenvalue weighted by Crippen LogP contribution is -2.48. The van der Waals surface area contributed by atoms with Crippen LogP contribution in [0.3, 0.4) is 0 Å². The average molecular weight is 530 g/mol. The van der Waals surface area contributed by atoms with Crippen LogP contribution in [0.5, 0.6) is 5.75 Å². The van der Waals surface area contributed by atoms with Gasteiger partial charge in [-0.25, -0.2) is 0 Å². The first-order valence-electron chi connectivity index (χ1n) is 13.0. The van der Waals surface area contributed by atoms with Gasteiger partial charge < -0.3 is 15.0 Å². The first-order valence-corrected chi connectivity index (χ1v) is 13.9. The van der Waals surface area contributed by atoms with Gasteiger partial charge in [-0.05, 0) is 60.7 Å². The minimum absolute atomic E-state index is 0.0474. The Morgan fingerprint density at radius 3 is 2.47 bits per heavy atom. The van der Waals surface area contributed by atoms with Gasteiger partial charge in [0.15, 0.2) is 5.50 Å². The Morgan fingerprint density at radius 1 is 1.03 bits per heavy atom. The molecule has 0 radical (unpaired) electrons. The number of hydrogen-bond acceptors (Lipinski definition) is 6. The molecule has 1 aliphatic carbocycles. The highest BCUT2D eigenvalue weighted by Gasteiger charge is 2.43. The average Bonchev–Trinajstić information content (AvgIpc) is 3.23. The molecule has 1 N–H and O–H groups in total. The molecule has 7 nitrogen and oxygen atoms in total. The second-order valence-electron chi connectivity index (χ2n) is 9.78. The van der Waals surface area contributed by atoms with Gasteiger partial charge in [-0.15, -0.1) is 0 Å². The molecule has 2 fully saturated rings. The van der Waals surface area contributed by atoms with Gasteiger partial charge in [-0.3, -0.25) is 14.9 Å². The Morgan fingerprint density at radius 2 is 1.74 bits per heavy atom. The lowest BCUT2D eigenvalue weighted by molar-refractivity contribution is -0.384. The maximum atomic E-state index is 13.8. The number of carbonyl (C=O) groups excluding carboxylic acids is 1. The molecule has 1 aliphatic heterocycles. The van der Waals surface area contributed by atoms with Gasteiger partial charge >= 0.3 is 0 Å². The molecular formula is C30H31N3O4S. The number of anilines is 1. The van der Waals surface area contributed by atoms with Crippen LogP contribution in [0, 0.1) is 16.0 Å². The Balaban J connectivity index is 1.38. The van der Waals surface area contributed by atoms with Crippen molar-refractivity contribution >= 4 is 35.1 Å². The predicted molar refractivity (Wildman–Crippen MR) is 152 cm³/mol. The summed E-state index contributed by atoms with van der Waals surface area (Å²) < 4.78 is 6.09. The van der Waals surface area contributed by atoms with Gasteiger partial charge in [0, 0.05) is 29.4 Å². The molecule has 0 spiro atoms. The second-order valence-corrected chi connectivity index (χ2v) is 10.9. The number of benzene rings is 3. The van der Waals surface area contributed by atoms with E-state index in [9.17, 15) is 14.9 Å². The van der Waals surface area contributed by atoms with Gasteiger partial charge in [0.05, 0.1) is 9.83 Å². The van der Waals surface area contributed by atoms with Crippen LogP contribution in [0.2, 0.25) is 0 Å². The third-order valence-electron chi connectivity index (χ3n) is 7.17. The molecule has 1 heterocycles. The van der Waals surface area contributed by atoms with Crippen LogP contribution in [-0.4, -0.2) is 27.3 Å². The van der Waals surface area contributed by atoms with E-state index in [1.165, 1.54) is 18.6 Å². The van der Waals surface area contributed by atoms with Gasteiger partial charge in [0.2, 0.25) is 0 Å². The van der Waals surface area contributed by atoms with Crippen molar-refractivity contribution in [2.45, 2.75) is 50.8 Å². The summed E-state index contributed by atoms with van der Waals surface area (Å²) in [7, 11) is 0. The third-order valence-corrected chi connectivity index (χ3v) is 8.29. The zero-order valence-electron chi connectivity index (χ0n) is 21.3. The number of thioether (sulfide) groups is 1. The fourth-order valence-corrected chi connectivity index (χ4v) is 6.32. The molecule has 3 aromatic rings. The largest absolute Gasteiger partial charge is 0.488 e. The number of hydrogen-bond donors (Lipinski definition) is 1. The van der Waals surface area contributed by atoms with E-state index in [-0.39, 0.29) is 29.7 Å². The highest BCUT2D eigenvalue weighted by atomic mass is 32.2. The Labute approximate surface area is 227 Å². The number of nitro benzene ring substituents is 1.